The first-order valence-electron chi connectivity index (χ1n) is 6.51. The normalized spacial score (nSPS) is 24.2. The van der Waals surface area contributed by atoms with Crippen LogP contribution in [0.2, 0.25) is 0 Å². The molecule has 1 saturated heterocycles. The summed E-state index contributed by atoms with van der Waals surface area (Å²) >= 11 is 3.40. The molecule has 3 atom stereocenters. The summed E-state index contributed by atoms with van der Waals surface area (Å²) in [6, 6.07) is 7.90. The maximum atomic E-state index is 12.0. The van der Waals surface area contributed by atoms with Gasteiger partial charge in [-0.15, -0.1) is 0 Å². The number of halogens is 1. The first-order valence-corrected chi connectivity index (χ1v) is 7.30. The molecule has 19 heavy (non-hydrogen) atoms. The molecule has 104 valence electrons. The number of aliphatic hydroxyl groups is 1. The Morgan fingerprint density at radius 2 is 2.21 bits per heavy atom. The van der Waals surface area contributed by atoms with Gasteiger partial charge in [0.25, 0.3) is 0 Å². The maximum Gasteiger partial charge on any atom is 0.237 e. The Labute approximate surface area is 121 Å². The summed E-state index contributed by atoms with van der Waals surface area (Å²) in [6.07, 6.45) is 0.892. The van der Waals surface area contributed by atoms with Gasteiger partial charge >= 0.3 is 0 Å². The van der Waals surface area contributed by atoms with Gasteiger partial charge < -0.3 is 15.7 Å². The summed E-state index contributed by atoms with van der Waals surface area (Å²) in [7, 11) is 0. The van der Waals surface area contributed by atoms with E-state index in [0.717, 1.165) is 10.9 Å². The van der Waals surface area contributed by atoms with Crippen molar-refractivity contribution in [1.82, 2.24) is 10.6 Å². The van der Waals surface area contributed by atoms with Crippen molar-refractivity contribution in [3.8, 4) is 0 Å². The third-order valence-electron chi connectivity index (χ3n) is 3.27. The number of carbonyl (C=O) groups excluding carboxylic acids is 1. The van der Waals surface area contributed by atoms with Gasteiger partial charge in [0.2, 0.25) is 5.91 Å². The lowest BCUT2D eigenvalue weighted by molar-refractivity contribution is -0.123. The van der Waals surface area contributed by atoms with E-state index < -0.39 is 6.10 Å². The predicted octanol–water partition coefficient (Wildman–Crippen LogP) is 1.22. The van der Waals surface area contributed by atoms with Crippen molar-refractivity contribution < 1.29 is 9.90 Å². The summed E-state index contributed by atoms with van der Waals surface area (Å²) in [5, 5.41) is 15.4. The van der Waals surface area contributed by atoms with Crippen LogP contribution in [0.15, 0.2) is 28.7 Å². The highest BCUT2D eigenvalue weighted by Crippen LogP contribution is 2.12. The van der Waals surface area contributed by atoms with Crippen LogP contribution in [-0.2, 0) is 11.2 Å². The highest BCUT2D eigenvalue weighted by molar-refractivity contribution is 9.10. The lowest BCUT2D eigenvalue weighted by Crippen LogP contribution is -2.44. The second-order valence-electron chi connectivity index (χ2n) is 5.09. The second-order valence-corrected chi connectivity index (χ2v) is 6.01. The fourth-order valence-electron chi connectivity index (χ4n) is 2.29. The van der Waals surface area contributed by atoms with Gasteiger partial charge in [-0.1, -0.05) is 28.1 Å². The Hall–Kier alpha value is -0.910. The molecule has 0 aromatic heterocycles. The third-order valence-corrected chi connectivity index (χ3v) is 3.80. The molecule has 5 heteroatoms. The molecular weight excluding hydrogens is 308 g/mol. The number of hydrogen-bond acceptors (Lipinski definition) is 3. The maximum absolute atomic E-state index is 12.0. The molecule has 4 nitrogen and oxygen atoms in total. The minimum Gasteiger partial charge on any atom is -0.392 e. The molecular formula is C14H19BrN2O2. The van der Waals surface area contributed by atoms with Crippen molar-refractivity contribution in [2.45, 2.75) is 38.0 Å². The Balaban J connectivity index is 1.82. The zero-order chi connectivity index (χ0) is 13.8. The van der Waals surface area contributed by atoms with E-state index in [1.165, 1.54) is 5.56 Å². The van der Waals surface area contributed by atoms with Crippen molar-refractivity contribution in [1.29, 1.82) is 0 Å². The molecule has 1 aliphatic rings. The minimum absolute atomic E-state index is 0.0267. The Bertz CT molecular complexity index is 436. The summed E-state index contributed by atoms with van der Waals surface area (Å²) in [6.45, 7) is 2.49. The van der Waals surface area contributed by atoms with E-state index in [-0.39, 0.29) is 18.0 Å². The van der Waals surface area contributed by atoms with E-state index in [0.29, 0.717) is 13.0 Å². The van der Waals surface area contributed by atoms with Crippen molar-refractivity contribution >= 4 is 21.8 Å². The molecule has 1 fully saturated rings. The molecule has 3 unspecified atom stereocenters. The molecule has 1 aromatic rings. The smallest absolute Gasteiger partial charge is 0.237 e. The third kappa shape index (κ3) is 4.30. The van der Waals surface area contributed by atoms with Crippen molar-refractivity contribution in [2.75, 3.05) is 6.54 Å². The standard InChI is InChI=1S/C14H19BrN2O2/c1-9(6-10-2-4-11(15)5-3-10)17-14(19)13-7-12(18)8-16-13/h2-5,9,12-13,16,18H,6-8H2,1H3,(H,17,19). The molecule has 0 aliphatic carbocycles. The van der Waals surface area contributed by atoms with Gasteiger partial charge in [0.15, 0.2) is 0 Å². The van der Waals surface area contributed by atoms with E-state index in [1.807, 2.05) is 31.2 Å². The topological polar surface area (TPSA) is 61.4 Å². The fourth-order valence-corrected chi connectivity index (χ4v) is 2.55. The number of nitrogens with one attached hydrogen (secondary N) is 2. The van der Waals surface area contributed by atoms with Gasteiger partial charge in [0.1, 0.15) is 0 Å². The van der Waals surface area contributed by atoms with Crippen molar-refractivity contribution in [3.63, 3.8) is 0 Å². The van der Waals surface area contributed by atoms with Crippen LogP contribution in [0.1, 0.15) is 18.9 Å². The van der Waals surface area contributed by atoms with Crippen LogP contribution in [0.3, 0.4) is 0 Å². The van der Waals surface area contributed by atoms with E-state index in [1.54, 1.807) is 0 Å². The van der Waals surface area contributed by atoms with Gasteiger partial charge in [-0.25, -0.2) is 0 Å². The zero-order valence-corrected chi connectivity index (χ0v) is 12.5. The van der Waals surface area contributed by atoms with Gasteiger partial charge in [0.05, 0.1) is 12.1 Å². The molecule has 0 radical (unpaired) electrons. The molecule has 1 aromatic carbocycles. The molecule has 2 rings (SSSR count). The monoisotopic (exact) mass is 326 g/mol. The SMILES string of the molecule is CC(Cc1ccc(Br)cc1)NC(=O)C1CC(O)CN1. The van der Waals surface area contributed by atoms with Crippen LogP contribution in [-0.4, -0.2) is 35.7 Å². The summed E-state index contributed by atoms with van der Waals surface area (Å²) in [5.41, 5.74) is 1.19. The zero-order valence-electron chi connectivity index (χ0n) is 10.9. The highest BCUT2D eigenvalue weighted by Gasteiger charge is 2.28. The van der Waals surface area contributed by atoms with Crippen LogP contribution < -0.4 is 10.6 Å². The van der Waals surface area contributed by atoms with Gasteiger partial charge in [-0.2, -0.15) is 0 Å². The van der Waals surface area contributed by atoms with E-state index in [9.17, 15) is 9.90 Å². The number of rotatable bonds is 4. The van der Waals surface area contributed by atoms with Crippen molar-refractivity contribution in [2.24, 2.45) is 0 Å². The summed E-state index contributed by atoms with van der Waals surface area (Å²) < 4.78 is 1.05. The lowest BCUT2D eigenvalue weighted by Gasteiger charge is -2.17. The van der Waals surface area contributed by atoms with Gasteiger partial charge in [0, 0.05) is 17.1 Å². The largest absolute Gasteiger partial charge is 0.392 e. The molecule has 1 heterocycles. The number of hydrogen-bond donors (Lipinski definition) is 3. The summed E-state index contributed by atoms with van der Waals surface area (Å²) in [5.74, 6) is -0.0267. The number of benzene rings is 1. The first kappa shape index (κ1) is 14.5. The van der Waals surface area contributed by atoms with Crippen LogP contribution in [0.4, 0.5) is 0 Å². The van der Waals surface area contributed by atoms with E-state index in [2.05, 4.69) is 26.6 Å². The number of carbonyl (C=O) groups is 1. The van der Waals surface area contributed by atoms with Crippen LogP contribution in [0, 0.1) is 0 Å². The number of amides is 1. The van der Waals surface area contributed by atoms with Crippen molar-refractivity contribution in [3.05, 3.63) is 34.3 Å². The van der Waals surface area contributed by atoms with Crippen LogP contribution in [0.5, 0.6) is 0 Å². The Kier molecular flexibility index (Phi) is 4.96. The number of β-amino-alcohol motifs (C(OH)–C–C–N with tert-alkyl or cyclic N) is 1. The molecule has 0 saturated carbocycles. The van der Waals surface area contributed by atoms with E-state index >= 15 is 0 Å². The van der Waals surface area contributed by atoms with Crippen LogP contribution in [0.25, 0.3) is 0 Å². The fraction of sp³-hybridized carbons (Fsp3) is 0.500. The quantitative estimate of drug-likeness (QED) is 0.779. The van der Waals surface area contributed by atoms with E-state index in [4.69, 9.17) is 0 Å². The summed E-state index contributed by atoms with van der Waals surface area (Å²) in [4.78, 5) is 12.0. The molecule has 0 spiro atoms. The first-order chi connectivity index (χ1) is 9.04. The second kappa shape index (κ2) is 6.50. The van der Waals surface area contributed by atoms with Gasteiger partial charge in [-0.05, 0) is 37.5 Å². The minimum atomic E-state index is -0.405. The molecule has 0 bridgehead atoms. The van der Waals surface area contributed by atoms with Crippen LogP contribution >= 0.6 is 15.9 Å². The Morgan fingerprint density at radius 1 is 1.53 bits per heavy atom. The number of aliphatic hydroxyl groups excluding tert-OH is 1. The lowest BCUT2D eigenvalue weighted by atomic mass is 10.1. The van der Waals surface area contributed by atoms with Gasteiger partial charge in [-0.3, -0.25) is 4.79 Å². The average Bonchev–Trinajstić information content (AvgIpc) is 2.79. The Morgan fingerprint density at radius 3 is 2.79 bits per heavy atom. The molecule has 1 aliphatic heterocycles. The average molecular weight is 327 g/mol. The molecule has 3 N–H and O–H groups in total. The predicted molar refractivity (Wildman–Crippen MR) is 77.9 cm³/mol. The molecule has 1 amide bonds. The highest BCUT2D eigenvalue weighted by atomic mass is 79.9.